The van der Waals surface area contributed by atoms with Gasteiger partial charge >= 0.3 is 0 Å². The van der Waals surface area contributed by atoms with Crippen molar-refractivity contribution >= 4 is 0 Å². The van der Waals surface area contributed by atoms with Gasteiger partial charge in [0.05, 0.1) is 0 Å². The molecule has 17 heavy (non-hydrogen) atoms. The zero-order chi connectivity index (χ0) is 14.1. The Balaban J connectivity index is -0.000000439. The molecule has 0 bridgehead atoms. The van der Waals surface area contributed by atoms with Crippen molar-refractivity contribution in [3.63, 3.8) is 0 Å². The van der Waals surface area contributed by atoms with Crippen molar-refractivity contribution in [2.45, 2.75) is 60.4 Å². The van der Waals surface area contributed by atoms with Gasteiger partial charge in [-0.25, -0.2) is 4.39 Å². The lowest BCUT2D eigenvalue weighted by Crippen LogP contribution is -2.35. The van der Waals surface area contributed by atoms with E-state index < -0.39 is 0 Å². The van der Waals surface area contributed by atoms with Gasteiger partial charge in [0.25, 0.3) is 0 Å². The minimum Gasteiger partial charge on any atom is -0.313 e. The minimum atomic E-state index is -0.270. The molecule has 0 spiro atoms. The smallest absolute Gasteiger partial charge is 0.102 e. The molecule has 0 radical (unpaired) electrons. The van der Waals surface area contributed by atoms with E-state index in [0.29, 0.717) is 12.6 Å². The van der Waals surface area contributed by atoms with E-state index in [1.54, 1.807) is 0 Å². The first-order chi connectivity index (χ1) is 8.22. The molecule has 0 aliphatic heterocycles. The first-order valence-corrected chi connectivity index (χ1v) is 7.19. The molecular weight excluding hydrogens is 215 g/mol. The first kappa shape index (κ1) is 22.1. The van der Waals surface area contributed by atoms with E-state index in [0.717, 1.165) is 13.1 Å². The molecule has 1 unspecified atom stereocenters. The number of rotatable bonds is 8. The van der Waals surface area contributed by atoms with Crippen LogP contribution in [0.2, 0.25) is 0 Å². The van der Waals surface area contributed by atoms with E-state index in [2.05, 4.69) is 31.1 Å². The Labute approximate surface area is 109 Å². The number of likely N-dealkylation sites (N-methyl/N-ethyl adjacent to an activating group) is 1. The Morgan fingerprint density at radius 1 is 1.12 bits per heavy atom. The van der Waals surface area contributed by atoms with Crippen molar-refractivity contribution in [3.05, 3.63) is 0 Å². The van der Waals surface area contributed by atoms with Crippen molar-refractivity contribution in [3.8, 4) is 0 Å². The number of nitrogens with one attached hydrogen (secondary N) is 1. The predicted octanol–water partition coefficient (Wildman–Crippen LogP) is 3.72. The highest BCUT2D eigenvalue weighted by atomic mass is 19.1. The summed E-state index contributed by atoms with van der Waals surface area (Å²) >= 11 is 0. The van der Waals surface area contributed by atoms with Crippen LogP contribution in [0.4, 0.5) is 4.39 Å². The molecule has 2 nitrogen and oxygen atoms in total. The second-order valence-electron chi connectivity index (χ2n) is 3.56. The van der Waals surface area contributed by atoms with Crippen molar-refractivity contribution in [1.29, 1.82) is 0 Å². The van der Waals surface area contributed by atoms with Gasteiger partial charge in [-0.05, 0) is 20.4 Å². The average molecular weight is 250 g/mol. The van der Waals surface area contributed by atoms with Gasteiger partial charge in [0.15, 0.2) is 0 Å². The molecular formula is C14H35FN2. The molecule has 1 atom stereocenters. The number of alkyl halides is 1. The molecule has 0 aromatic rings. The van der Waals surface area contributed by atoms with Crippen molar-refractivity contribution in [1.82, 2.24) is 10.2 Å². The zero-order valence-electron chi connectivity index (χ0n) is 13.1. The molecule has 108 valence electrons. The van der Waals surface area contributed by atoms with Gasteiger partial charge in [0.2, 0.25) is 0 Å². The lowest BCUT2D eigenvalue weighted by atomic mass is 10.2. The van der Waals surface area contributed by atoms with E-state index in [4.69, 9.17) is 0 Å². The maximum Gasteiger partial charge on any atom is 0.102 e. The fourth-order valence-electron chi connectivity index (χ4n) is 1.31. The highest BCUT2D eigenvalue weighted by Gasteiger charge is 2.06. The predicted molar refractivity (Wildman–Crippen MR) is 78.5 cm³/mol. The summed E-state index contributed by atoms with van der Waals surface area (Å²) in [5, 5.41) is 3.05. The van der Waals surface area contributed by atoms with Crippen LogP contribution in [0.5, 0.6) is 0 Å². The largest absolute Gasteiger partial charge is 0.313 e. The van der Waals surface area contributed by atoms with Crippen molar-refractivity contribution in [2.24, 2.45) is 0 Å². The van der Waals surface area contributed by atoms with Gasteiger partial charge in [-0.15, -0.1) is 0 Å². The third-order valence-corrected chi connectivity index (χ3v) is 2.37. The standard InChI is InChI=1S/C10H23FN2.2C2H6/c1-4-5-10(2)13(3)9-8-12-7-6-11;2*1-2/h10,12H,4-9H2,1-3H3;2*1-2H3. The monoisotopic (exact) mass is 250 g/mol. The normalized spacial score (nSPS) is 11.1. The maximum absolute atomic E-state index is 11.7. The minimum absolute atomic E-state index is 0.270. The Kier molecular flexibility index (Phi) is 27.5. The lowest BCUT2D eigenvalue weighted by Gasteiger charge is -2.24. The lowest BCUT2D eigenvalue weighted by molar-refractivity contribution is 0.244. The van der Waals surface area contributed by atoms with Gasteiger partial charge in [0, 0.05) is 25.7 Å². The summed E-state index contributed by atoms with van der Waals surface area (Å²) in [7, 11) is 2.12. The van der Waals surface area contributed by atoms with Crippen LogP contribution in [0, 0.1) is 0 Å². The molecule has 0 rings (SSSR count). The topological polar surface area (TPSA) is 15.3 Å². The van der Waals surface area contributed by atoms with E-state index in [9.17, 15) is 4.39 Å². The Morgan fingerprint density at radius 2 is 1.65 bits per heavy atom. The van der Waals surface area contributed by atoms with E-state index in [1.807, 2.05) is 27.7 Å². The molecule has 0 aromatic carbocycles. The van der Waals surface area contributed by atoms with Gasteiger partial charge in [-0.1, -0.05) is 41.0 Å². The quantitative estimate of drug-likeness (QED) is 0.661. The second kappa shape index (κ2) is 21.2. The van der Waals surface area contributed by atoms with Crippen molar-refractivity contribution in [2.75, 3.05) is 33.4 Å². The Bertz CT molecular complexity index is 110. The van der Waals surface area contributed by atoms with Crippen LogP contribution in [0.1, 0.15) is 54.4 Å². The molecule has 0 amide bonds. The van der Waals surface area contributed by atoms with Crippen LogP contribution in [0.25, 0.3) is 0 Å². The summed E-state index contributed by atoms with van der Waals surface area (Å²) in [6.07, 6.45) is 2.46. The van der Waals surface area contributed by atoms with Gasteiger partial charge in [-0.2, -0.15) is 0 Å². The number of halogens is 1. The van der Waals surface area contributed by atoms with Crippen molar-refractivity contribution < 1.29 is 4.39 Å². The summed E-state index contributed by atoms with van der Waals surface area (Å²) in [6, 6.07) is 0.636. The van der Waals surface area contributed by atoms with Crippen LogP contribution >= 0.6 is 0 Å². The van der Waals surface area contributed by atoms with Crippen LogP contribution in [0.15, 0.2) is 0 Å². The zero-order valence-corrected chi connectivity index (χ0v) is 13.1. The molecule has 0 aromatic heterocycles. The SMILES string of the molecule is CC.CC.CCCC(C)N(C)CCNCCF. The van der Waals surface area contributed by atoms with E-state index in [1.165, 1.54) is 12.8 Å². The van der Waals surface area contributed by atoms with Crippen LogP contribution in [-0.2, 0) is 0 Å². The fraction of sp³-hybridized carbons (Fsp3) is 1.00. The fourth-order valence-corrected chi connectivity index (χ4v) is 1.31. The third-order valence-electron chi connectivity index (χ3n) is 2.37. The highest BCUT2D eigenvalue weighted by molar-refractivity contribution is 4.63. The summed E-state index contributed by atoms with van der Waals surface area (Å²) in [6.45, 7) is 14.5. The second-order valence-corrected chi connectivity index (χ2v) is 3.56. The molecule has 1 N–H and O–H groups in total. The van der Waals surface area contributed by atoms with Gasteiger partial charge < -0.3 is 10.2 Å². The summed E-state index contributed by atoms with van der Waals surface area (Å²) in [5.74, 6) is 0. The molecule has 3 heteroatoms. The molecule has 0 fully saturated rings. The van der Waals surface area contributed by atoms with Crippen LogP contribution in [-0.4, -0.2) is 44.3 Å². The molecule has 0 aliphatic carbocycles. The Morgan fingerprint density at radius 3 is 2.06 bits per heavy atom. The molecule has 0 heterocycles. The number of hydrogen-bond donors (Lipinski definition) is 1. The highest BCUT2D eigenvalue weighted by Crippen LogP contribution is 2.02. The van der Waals surface area contributed by atoms with Gasteiger partial charge in [-0.3, -0.25) is 0 Å². The average Bonchev–Trinajstić information content (AvgIpc) is 2.39. The molecule has 0 saturated carbocycles. The first-order valence-electron chi connectivity index (χ1n) is 7.19. The Hall–Kier alpha value is -0.150. The van der Waals surface area contributed by atoms with Crippen LogP contribution in [0.3, 0.4) is 0 Å². The van der Waals surface area contributed by atoms with E-state index >= 15 is 0 Å². The summed E-state index contributed by atoms with van der Waals surface area (Å²) < 4.78 is 11.7. The van der Waals surface area contributed by atoms with Crippen LogP contribution < -0.4 is 5.32 Å². The summed E-state index contributed by atoms with van der Waals surface area (Å²) in [5.41, 5.74) is 0. The maximum atomic E-state index is 11.7. The third kappa shape index (κ3) is 18.4. The number of nitrogens with zero attached hydrogens (tertiary/aromatic N) is 1. The summed E-state index contributed by atoms with van der Waals surface area (Å²) in [4.78, 5) is 2.31. The molecule has 0 saturated heterocycles. The number of hydrogen-bond acceptors (Lipinski definition) is 2. The van der Waals surface area contributed by atoms with E-state index in [-0.39, 0.29) is 6.67 Å². The van der Waals surface area contributed by atoms with Gasteiger partial charge in [0.1, 0.15) is 6.67 Å². The molecule has 0 aliphatic rings.